The first kappa shape index (κ1) is 20.4. The number of hydrogen-bond donors (Lipinski definition) is 0. The molecule has 0 N–H and O–H groups in total. The van der Waals surface area contributed by atoms with Crippen molar-refractivity contribution in [3.8, 4) is 11.5 Å². The van der Waals surface area contributed by atoms with Gasteiger partial charge in [-0.1, -0.05) is 20.8 Å². The molecule has 4 nitrogen and oxygen atoms in total. The second kappa shape index (κ2) is 7.52. The van der Waals surface area contributed by atoms with E-state index >= 15 is 0 Å². The normalized spacial score (nSPS) is 13.1. The number of benzene rings is 1. The molecule has 0 heterocycles. The molecule has 6 heteroatoms. The monoisotopic (exact) mass is 356 g/mol. The average molecular weight is 357 g/mol. The van der Waals surface area contributed by atoms with Gasteiger partial charge in [0, 0.05) is 0 Å². The van der Waals surface area contributed by atoms with Gasteiger partial charge in [-0.3, -0.25) is 9.34 Å². The lowest BCUT2D eigenvalue weighted by atomic mass is 10.2. The van der Waals surface area contributed by atoms with E-state index < -0.39 is 16.5 Å². The molecule has 0 spiro atoms. The zero-order valence-electron chi connectivity index (χ0n) is 16.4. The smallest absolute Gasteiger partial charge is 0.250 e. The fourth-order valence-corrected chi connectivity index (χ4v) is 5.33. The highest BCUT2D eigenvalue weighted by Gasteiger charge is 2.39. The largest absolute Gasteiger partial charge is 0.543 e. The van der Waals surface area contributed by atoms with Crippen molar-refractivity contribution < 1.29 is 9.16 Å². The van der Waals surface area contributed by atoms with E-state index in [1.54, 1.807) is 7.11 Å². The van der Waals surface area contributed by atoms with Crippen LogP contribution in [0.1, 0.15) is 20.8 Å². The lowest BCUT2D eigenvalue weighted by molar-refractivity contribution is 0.416. The lowest BCUT2D eigenvalue weighted by Gasteiger charge is -2.37. The number of hydrogen-bond acceptors (Lipinski definition) is 4. The quantitative estimate of drug-likeness (QED) is 0.565. The summed E-state index contributed by atoms with van der Waals surface area (Å²) >= 11 is 0. The van der Waals surface area contributed by atoms with Crippen molar-refractivity contribution in [3.63, 3.8) is 0 Å². The summed E-state index contributed by atoms with van der Waals surface area (Å²) in [5.74, 6) is 1.87. The molecular formula is C17H33N2O2PSi. The molecule has 0 aliphatic heterocycles. The van der Waals surface area contributed by atoms with Crippen LogP contribution in [0.25, 0.3) is 0 Å². The standard InChI is InChI=1S/C17H33N2O2PSi/c1-17(2,3)23(9,10)21-14-11-12-15(20-8)16(13-14)22(18(4)5)19(6)7/h11-13H,1-10H3. The Labute approximate surface area is 144 Å². The Balaban J connectivity index is 3.28. The molecule has 0 radical (unpaired) electrons. The molecule has 0 atom stereocenters. The Kier molecular flexibility index (Phi) is 6.68. The van der Waals surface area contributed by atoms with Crippen LogP contribution in [0.15, 0.2) is 18.2 Å². The number of nitrogens with zero attached hydrogens (tertiary/aromatic N) is 2. The van der Waals surface area contributed by atoms with Crippen molar-refractivity contribution in [1.29, 1.82) is 0 Å². The molecule has 0 fully saturated rings. The Hall–Kier alpha value is -0.613. The van der Waals surface area contributed by atoms with Crippen LogP contribution in [-0.4, -0.2) is 53.0 Å². The first-order valence-corrected chi connectivity index (χ1v) is 12.1. The minimum absolute atomic E-state index is 0.181. The number of rotatable bonds is 6. The van der Waals surface area contributed by atoms with Crippen LogP contribution in [0.3, 0.4) is 0 Å². The van der Waals surface area contributed by atoms with Gasteiger partial charge in [0.25, 0.3) is 0 Å². The summed E-state index contributed by atoms with van der Waals surface area (Å²) in [4.78, 5) is 0. The minimum atomic E-state index is -1.85. The maximum atomic E-state index is 6.47. The molecule has 0 amide bonds. The second-order valence-electron chi connectivity index (χ2n) is 7.68. The lowest BCUT2D eigenvalue weighted by Crippen LogP contribution is -2.44. The van der Waals surface area contributed by atoms with Crippen molar-refractivity contribution in [3.05, 3.63) is 18.2 Å². The van der Waals surface area contributed by atoms with E-state index in [-0.39, 0.29) is 5.04 Å². The molecule has 0 saturated carbocycles. The SMILES string of the molecule is COc1ccc(O[Si](C)(C)C(C)(C)C)cc1P(N(C)C)N(C)C. The van der Waals surface area contributed by atoms with Crippen molar-refractivity contribution in [2.45, 2.75) is 38.9 Å². The number of ether oxygens (including phenoxy) is 1. The van der Waals surface area contributed by atoms with Gasteiger partial charge in [0.05, 0.1) is 20.6 Å². The van der Waals surface area contributed by atoms with Crippen LogP contribution in [0.5, 0.6) is 11.5 Å². The molecule has 0 aliphatic rings. The topological polar surface area (TPSA) is 24.9 Å². The fraction of sp³-hybridized carbons (Fsp3) is 0.647. The van der Waals surface area contributed by atoms with Crippen molar-refractivity contribution >= 4 is 21.8 Å². The molecule has 132 valence electrons. The molecular weight excluding hydrogens is 323 g/mol. The van der Waals surface area contributed by atoms with Crippen molar-refractivity contribution in [2.24, 2.45) is 0 Å². The molecule has 0 aromatic heterocycles. The summed E-state index contributed by atoms with van der Waals surface area (Å²) < 4.78 is 16.5. The van der Waals surface area contributed by atoms with Gasteiger partial charge in [-0.25, -0.2) is 0 Å². The van der Waals surface area contributed by atoms with Gasteiger partial charge in [-0.2, -0.15) is 0 Å². The van der Waals surface area contributed by atoms with E-state index in [2.05, 4.69) is 77.5 Å². The molecule has 1 rings (SSSR count). The Morgan fingerprint density at radius 1 is 1.00 bits per heavy atom. The third-order valence-corrected chi connectivity index (χ3v) is 11.0. The highest BCUT2D eigenvalue weighted by molar-refractivity contribution is 7.61. The fourth-order valence-electron chi connectivity index (χ4n) is 2.13. The zero-order valence-corrected chi connectivity index (χ0v) is 18.3. The van der Waals surface area contributed by atoms with E-state index in [4.69, 9.17) is 9.16 Å². The van der Waals surface area contributed by atoms with Crippen LogP contribution in [0, 0.1) is 0 Å². The zero-order chi connectivity index (χ0) is 18.0. The molecule has 0 aliphatic carbocycles. The summed E-state index contributed by atoms with van der Waals surface area (Å²) in [6, 6.07) is 6.22. The van der Waals surface area contributed by atoms with Gasteiger partial charge in [0.1, 0.15) is 11.5 Å². The molecule has 23 heavy (non-hydrogen) atoms. The predicted molar refractivity (Wildman–Crippen MR) is 105 cm³/mol. The minimum Gasteiger partial charge on any atom is -0.543 e. The molecule has 0 bridgehead atoms. The highest BCUT2D eigenvalue weighted by Crippen LogP contribution is 2.43. The van der Waals surface area contributed by atoms with Gasteiger partial charge >= 0.3 is 0 Å². The van der Waals surface area contributed by atoms with Gasteiger partial charge < -0.3 is 9.16 Å². The van der Waals surface area contributed by atoms with E-state index in [0.717, 1.165) is 11.5 Å². The van der Waals surface area contributed by atoms with Gasteiger partial charge in [0.2, 0.25) is 8.32 Å². The van der Waals surface area contributed by atoms with Crippen LogP contribution in [0.2, 0.25) is 18.1 Å². The van der Waals surface area contributed by atoms with E-state index in [9.17, 15) is 0 Å². The summed E-state index contributed by atoms with van der Waals surface area (Å²) in [5.41, 5.74) is 0. The molecule has 1 aromatic rings. The van der Waals surface area contributed by atoms with Gasteiger partial charge in [-0.15, -0.1) is 0 Å². The second-order valence-corrected chi connectivity index (χ2v) is 15.1. The van der Waals surface area contributed by atoms with Crippen molar-refractivity contribution in [1.82, 2.24) is 9.34 Å². The van der Waals surface area contributed by atoms with Crippen molar-refractivity contribution in [2.75, 3.05) is 35.3 Å². The summed E-state index contributed by atoms with van der Waals surface area (Å²) in [5, 5.41) is 1.37. The van der Waals surface area contributed by atoms with Crippen LogP contribution in [-0.2, 0) is 0 Å². The Morgan fingerprint density at radius 2 is 1.52 bits per heavy atom. The Bertz CT molecular complexity index is 520. The highest BCUT2D eigenvalue weighted by atomic mass is 31.1. The summed E-state index contributed by atoms with van der Waals surface area (Å²) in [6.07, 6.45) is 0. The molecule has 1 aromatic carbocycles. The van der Waals surface area contributed by atoms with E-state index in [1.165, 1.54) is 5.30 Å². The van der Waals surface area contributed by atoms with Crippen LogP contribution >= 0.6 is 8.22 Å². The number of methoxy groups -OCH3 is 1. The maximum absolute atomic E-state index is 6.47. The Morgan fingerprint density at radius 3 is 1.91 bits per heavy atom. The molecule has 0 unspecified atom stereocenters. The maximum Gasteiger partial charge on any atom is 0.250 e. The predicted octanol–water partition coefficient (Wildman–Crippen LogP) is 4.14. The van der Waals surface area contributed by atoms with Crippen LogP contribution < -0.4 is 14.5 Å². The van der Waals surface area contributed by atoms with Crippen LogP contribution in [0.4, 0.5) is 0 Å². The van der Waals surface area contributed by atoms with E-state index in [0.29, 0.717) is 0 Å². The third-order valence-electron chi connectivity index (χ3n) is 4.30. The molecule has 0 saturated heterocycles. The third kappa shape index (κ3) is 4.93. The summed E-state index contributed by atoms with van der Waals surface area (Å²) in [7, 11) is 7.69. The average Bonchev–Trinajstić information content (AvgIpc) is 2.36. The van der Waals surface area contributed by atoms with Gasteiger partial charge in [-0.05, 0) is 64.5 Å². The first-order valence-electron chi connectivity index (χ1n) is 7.92. The van der Waals surface area contributed by atoms with Gasteiger partial charge in [0.15, 0.2) is 0 Å². The first-order chi connectivity index (χ1) is 10.4. The van der Waals surface area contributed by atoms with E-state index in [1.807, 2.05) is 12.1 Å². The summed E-state index contributed by atoms with van der Waals surface area (Å²) in [6.45, 7) is 11.3.